The number of amides is 1. The minimum atomic E-state index is -2.89. The van der Waals surface area contributed by atoms with E-state index in [1.165, 1.54) is 6.20 Å². The van der Waals surface area contributed by atoms with Crippen LogP contribution in [0.3, 0.4) is 0 Å². The number of carbonyl (C=O) groups excluding carboxylic acids is 1. The standard InChI is InChI=1S/C24H23N5O3S/c1-16-6-4-8-18-20(26-24(30)19-9-5-11-25-28-19)14-22(27-23(16)18)29-12-13-33(31,32)21-10-3-2-7-17(21)15-29/h2-11,14,31-32H,12-13,15H2,1H3,(H,26,27,30). The van der Waals surface area contributed by atoms with Gasteiger partial charge in [-0.05, 0) is 36.2 Å². The number of aromatic nitrogens is 3. The highest BCUT2D eigenvalue weighted by molar-refractivity contribution is 8.24. The lowest BCUT2D eigenvalue weighted by Crippen LogP contribution is -2.26. The summed E-state index contributed by atoms with van der Waals surface area (Å²) in [6.45, 7) is 2.87. The maximum absolute atomic E-state index is 12.8. The fourth-order valence-corrected chi connectivity index (χ4v) is 5.58. The van der Waals surface area contributed by atoms with E-state index < -0.39 is 10.6 Å². The molecule has 1 aliphatic heterocycles. The first-order valence-corrected chi connectivity index (χ1v) is 12.2. The van der Waals surface area contributed by atoms with Crippen LogP contribution in [0, 0.1) is 6.92 Å². The Morgan fingerprint density at radius 2 is 1.94 bits per heavy atom. The Labute approximate surface area is 192 Å². The van der Waals surface area contributed by atoms with Crippen LogP contribution in [0.4, 0.5) is 11.5 Å². The molecule has 0 radical (unpaired) electrons. The van der Waals surface area contributed by atoms with Gasteiger partial charge in [-0.2, -0.15) is 15.7 Å². The van der Waals surface area contributed by atoms with Gasteiger partial charge >= 0.3 is 0 Å². The number of nitrogens with one attached hydrogen (secondary N) is 1. The van der Waals surface area contributed by atoms with Crippen molar-refractivity contribution < 1.29 is 13.9 Å². The van der Waals surface area contributed by atoms with Crippen LogP contribution in [0.2, 0.25) is 0 Å². The van der Waals surface area contributed by atoms with Gasteiger partial charge in [0, 0.05) is 30.7 Å². The van der Waals surface area contributed by atoms with Crippen molar-refractivity contribution in [1.29, 1.82) is 0 Å². The molecule has 0 saturated carbocycles. The summed E-state index contributed by atoms with van der Waals surface area (Å²) in [6, 6.07) is 18.3. The number of anilines is 2. The second-order valence-corrected chi connectivity index (χ2v) is 10.1. The average molecular weight is 462 g/mol. The third kappa shape index (κ3) is 4.13. The lowest BCUT2D eigenvalue weighted by Gasteiger charge is -2.32. The zero-order valence-electron chi connectivity index (χ0n) is 18.0. The highest BCUT2D eigenvalue weighted by Crippen LogP contribution is 2.51. The Hall–Kier alpha value is -3.53. The van der Waals surface area contributed by atoms with Gasteiger partial charge < -0.3 is 10.2 Å². The fraction of sp³-hybridized carbons (Fsp3) is 0.167. The van der Waals surface area contributed by atoms with E-state index in [9.17, 15) is 13.9 Å². The first kappa shape index (κ1) is 21.3. The van der Waals surface area contributed by atoms with Crippen LogP contribution in [-0.2, 0) is 6.54 Å². The summed E-state index contributed by atoms with van der Waals surface area (Å²) >= 11 is 0. The second kappa shape index (κ2) is 8.43. The fourth-order valence-electron chi connectivity index (χ4n) is 4.03. The smallest absolute Gasteiger partial charge is 0.276 e. The quantitative estimate of drug-likeness (QED) is 0.405. The number of pyridine rings is 1. The molecule has 3 heterocycles. The van der Waals surface area contributed by atoms with Crippen LogP contribution in [0.25, 0.3) is 10.9 Å². The van der Waals surface area contributed by atoms with E-state index >= 15 is 0 Å². The van der Waals surface area contributed by atoms with E-state index in [0.29, 0.717) is 29.5 Å². The maximum Gasteiger partial charge on any atom is 0.276 e. The van der Waals surface area contributed by atoms with Crippen molar-refractivity contribution in [2.45, 2.75) is 18.4 Å². The largest absolute Gasteiger partial charge is 0.351 e. The molecule has 0 spiro atoms. The molecule has 9 heteroatoms. The summed E-state index contributed by atoms with van der Waals surface area (Å²) in [6.07, 6.45) is 1.52. The van der Waals surface area contributed by atoms with Crippen molar-refractivity contribution in [1.82, 2.24) is 15.2 Å². The Morgan fingerprint density at radius 3 is 2.76 bits per heavy atom. The molecule has 0 atom stereocenters. The highest BCUT2D eigenvalue weighted by Gasteiger charge is 2.27. The van der Waals surface area contributed by atoms with Crippen LogP contribution in [-0.4, -0.2) is 42.5 Å². The molecule has 0 saturated heterocycles. The summed E-state index contributed by atoms with van der Waals surface area (Å²) in [5.74, 6) is 0.496. The first-order chi connectivity index (χ1) is 15.9. The maximum atomic E-state index is 12.8. The van der Waals surface area contributed by atoms with Gasteiger partial charge in [-0.1, -0.05) is 36.4 Å². The second-order valence-electron chi connectivity index (χ2n) is 7.96. The third-order valence-electron chi connectivity index (χ3n) is 5.74. The number of benzene rings is 2. The minimum Gasteiger partial charge on any atom is -0.351 e. The summed E-state index contributed by atoms with van der Waals surface area (Å²) < 4.78 is 21.4. The Balaban J connectivity index is 1.58. The van der Waals surface area contributed by atoms with Crippen LogP contribution >= 0.6 is 10.6 Å². The van der Waals surface area contributed by atoms with Crippen LogP contribution < -0.4 is 10.2 Å². The zero-order valence-corrected chi connectivity index (χ0v) is 18.8. The number of hydrogen-bond donors (Lipinski definition) is 3. The Morgan fingerprint density at radius 1 is 1.09 bits per heavy atom. The van der Waals surface area contributed by atoms with E-state index in [1.54, 1.807) is 18.2 Å². The molecule has 168 valence electrons. The van der Waals surface area contributed by atoms with Crippen LogP contribution in [0.15, 0.2) is 71.8 Å². The lowest BCUT2D eigenvalue weighted by molar-refractivity contribution is 0.102. The number of aryl methyl sites for hydroxylation is 1. The van der Waals surface area contributed by atoms with Gasteiger partial charge in [0.1, 0.15) is 5.82 Å². The van der Waals surface area contributed by atoms with Crippen LogP contribution in [0.1, 0.15) is 21.6 Å². The van der Waals surface area contributed by atoms with Crippen molar-refractivity contribution in [3.05, 3.63) is 83.7 Å². The molecule has 8 nitrogen and oxygen atoms in total. The van der Waals surface area contributed by atoms with E-state index in [2.05, 4.69) is 15.5 Å². The number of fused-ring (bicyclic) bond motifs is 2. The number of hydrogen-bond acceptors (Lipinski definition) is 7. The predicted octanol–water partition coefficient (Wildman–Crippen LogP) is 4.72. The molecule has 1 amide bonds. The predicted molar refractivity (Wildman–Crippen MR) is 130 cm³/mol. The van der Waals surface area contributed by atoms with Gasteiger partial charge in [0.2, 0.25) is 0 Å². The number of carbonyl (C=O) groups is 1. The summed E-state index contributed by atoms with van der Waals surface area (Å²) in [5, 5.41) is 11.5. The summed E-state index contributed by atoms with van der Waals surface area (Å²) in [7, 11) is -2.89. The van der Waals surface area contributed by atoms with Gasteiger partial charge in [0.25, 0.3) is 5.91 Å². The van der Waals surface area contributed by atoms with Crippen molar-refractivity contribution >= 4 is 38.9 Å². The number of rotatable bonds is 3. The number of para-hydroxylation sites is 1. The Kier molecular flexibility index (Phi) is 5.45. The average Bonchev–Trinajstić information content (AvgIpc) is 2.96. The van der Waals surface area contributed by atoms with E-state index in [-0.39, 0.29) is 17.4 Å². The molecule has 1 aliphatic rings. The van der Waals surface area contributed by atoms with E-state index in [1.807, 2.05) is 54.3 Å². The van der Waals surface area contributed by atoms with Gasteiger partial charge in [-0.3, -0.25) is 13.9 Å². The van der Waals surface area contributed by atoms with Gasteiger partial charge in [0.05, 0.1) is 21.9 Å². The summed E-state index contributed by atoms with van der Waals surface area (Å²) in [4.78, 5) is 20.3. The molecule has 0 bridgehead atoms. The van der Waals surface area contributed by atoms with E-state index in [4.69, 9.17) is 4.98 Å². The first-order valence-electron chi connectivity index (χ1n) is 10.5. The molecule has 4 aromatic rings. The van der Waals surface area contributed by atoms with Gasteiger partial charge in [-0.25, -0.2) is 4.98 Å². The number of nitrogens with zero attached hydrogens (tertiary/aromatic N) is 4. The highest BCUT2D eigenvalue weighted by atomic mass is 32.3. The SMILES string of the molecule is Cc1cccc2c(NC(=O)c3cccnn3)cc(N3CCS(O)(O)c4ccccc4C3)nc12. The van der Waals surface area contributed by atoms with Crippen molar-refractivity contribution in [2.75, 3.05) is 22.5 Å². The normalized spacial score (nSPS) is 16.0. The van der Waals surface area contributed by atoms with Crippen molar-refractivity contribution in [3.8, 4) is 0 Å². The van der Waals surface area contributed by atoms with Crippen molar-refractivity contribution in [2.24, 2.45) is 0 Å². The molecule has 2 aromatic carbocycles. The van der Waals surface area contributed by atoms with Gasteiger partial charge in [0.15, 0.2) is 5.69 Å². The summed E-state index contributed by atoms with van der Waals surface area (Å²) in [5.41, 5.74) is 3.43. The molecule has 0 fully saturated rings. The minimum absolute atomic E-state index is 0.207. The molecular weight excluding hydrogens is 438 g/mol. The molecule has 33 heavy (non-hydrogen) atoms. The third-order valence-corrected chi connectivity index (χ3v) is 7.59. The van der Waals surface area contributed by atoms with Crippen LogP contribution in [0.5, 0.6) is 0 Å². The lowest BCUT2D eigenvalue weighted by atomic mass is 10.1. The monoisotopic (exact) mass is 461 g/mol. The molecule has 0 aliphatic carbocycles. The molecule has 2 aromatic heterocycles. The molecular formula is C24H23N5O3S. The van der Waals surface area contributed by atoms with Crippen molar-refractivity contribution in [3.63, 3.8) is 0 Å². The molecule has 0 unspecified atom stereocenters. The van der Waals surface area contributed by atoms with E-state index in [0.717, 1.165) is 22.0 Å². The topological polar surface area (TPSA) is 111 Å². The molecule has 3 N–H and O–H groups in total. The zero-order chi connectivity index (χ0) is 23.0. The van der Waals surface area contributed by atoms with Gasteiger partial charge in [-0.15, -0.1) is 5.10 Å². The Bertz CT molecular complexity index is 1350. The molecule has 5 rings (SSSR count).